The van der Waals surface area contributed by atoms with Gasteiger partial charge in [0.25, 0.3) is 5.91 Å². The molecule has 8 heteroatoms. The Labute approximate surface area is 212 Å². The van der Waals surface area contributed by atoms with Crippen molar-refractivity contribution in [1.82, 2.24) is 20.9 Å². The van der Waals surface area contributed by atoms with E-state index in [9.17, 15) is 9.59 Å². The number of hydrogen-bond donors (Lipinski definition) is 3. The summed E-state index contributed by atoms with van der Waals surface area (Å²) in [7, 11) is 0. The van der Waals surface area contributed by atoms with Gasteiger partial charge >= 0.3 is 0 Å². The fourth-order valence-corrected chi connectivity index (χ4v) is 4.02. The van der Waals surface area contributed by atoms with Gasteiger partial charge in [-0.15, -0.1) is 24.0 Å². The van der Waals surface area contributed by atoms with E-state index in [1.54, 1.807) is 4.90 Å². The number of piperazine rings is 1. The lowest BCUT2D eigenvalue weighted by Crippen LogP contribution is -2.49. The normalized spacial score (nSPS) is 16.9. The molecular formula is C25H32IN5O2. The summed E-state index contributed by atoms with van der Waals surface area (Å²) in [5, 5.41) is 9.57. The molecule has 1 heterocycles. The molecule has 0 spiro atoms. The number of nitrogens with one attached hydrogen (secondary N) is 3. The Morgan fingerprint density at radius 3 is 2.45 bits per heavy atom. The second-order valence-corrected chi connectivity index (χ2v) is 8.47. The molecule has 2 aromatic rings. The van der Waals surface area contributed by atoms with E-state index in [0.717, 1.165) is 24.6 Å². The second-order valence-electron chi connectivity index (χ2n) is 8.47. The Bertz CT molecular complexity index is 974. The van der Waals surface area contributed by atoms with Crippen molar-refractivity contribution < 1.29 is 9.59 Å². The van der Waals surface area contributed by atoms with Gasteiger partial charge < -0.3 is 20.9 Å². The molecule has 3 N–H and O–H groups in total. The summed E-state index contributed by atoms with van der Waals surface area (Å²) in [6.07, 6.45) is 2.38. The molecule has 176 valence electrons. The molecule has 2 aliphatic rings. The van der Waals surface area contributed by atoms with E-state index in [1.807, 2.05) is 24.3 Å². The first-order valence-electron chi connectivity index (χ1n) is 11.3. The van der Waals surface area contributed by atoms with E-state index in [-0.39, 0.29) is 47.8 Å². The van der Waals surface area contributed by atoms with Gasteiger partial charge in [0.05, 0.1) is 13.1 Å². The van der Waals surface area contributed by atoms with Crippen molar-refractivity contribution in [2.75, 3.05) is 32.7 Å². The van der Waals surface area contributed by atoms with E-state index in [4.69, 9.17) is 4.99 Å². The van der Waals surface area contributed by atoms with Crippen molar-refractivity contribution in [3.05, 3.63) is 71.3 Å². The molecule has 2 fully saturated rings. The van der Waals surface area contributed by atoms with Crippen molar-refractivity contribution in [2.45, 2.75) is 31.7 Å². The molecule has 0 atom stereocenters. The van der Waals surface area contributed by atoms with Crippen LogP contribution in [-0.2, 0) is 16.8 Å². The number of carbonyl (C=O) groups is 2. The van der Waals surface area contributed by atoms with Crippen LogP contribution < -0.4 is 16.0 Å². The first-order valence-corrected chi connectivity index (χ1v) is 11.3. The Morgan fingerprint density at radius 1 is 1.09 bits per heavy atom. The maximum Gasteiger partial charge on any atom is 0.254 e. The smallest absolute Gasteiger partial charge is 0.254 e. The van der Waals surface area contributed by atoms with Crippen LogP contribution in [0.1, 0.15) is 41.3 Å². The molecular weight excluding hydrogens is 529 g/mol. The summed E-state index contributed by atoms with van der Waals surface area (Å²) in [6, 6.07) is 18.2. The van der Waals surface area contributed by atoms with Crippen LogP contribution >= 0.6 is 24.0 Å². The minimum absolute atomic E-state index is 0. The van der Waals surface area contributed by atoms with Crippen LogP contribution in [0, 0.1) is 0 Å². The molecule has 33 heavy (non-hydrogen) atoms. The van der Waals surface area contributed by atoms with Gasteiger partial charge in [-0.1, -0.05) is 42.5 Å². The summed E-state index contributed by atoms with van der Waals surface area (Å²) >= 11 is 0. The zero-order valence-corrected chi connectivity index (χ0v) is 21.3. The number of amides is 2. The van der Waals surface area contributed by atoms with Crippen LogP contribution in [0.4, 0.5) is 0 Å². The number of aliphatic imine (C=N–C) groups is 1. The summed E-state index contributed by atoms with van der Waals surface area (Å²) in [5.74, 6) is 0.578. The molecule has 1 aliphatic carbocycles. The highest BCUT2D eigenvalue weighted by atomic mass is 127. The standard InChI is InChI=1S/C25H31N5O2.HI/c1-2-26-24(29-18-25(12-13-25)21-6-4-3-5-7-21)28-16-19-8-10-20(11-9-19)23(32)30-15-14-27-22(31)17-30;/h3-11H,2,12-18H2,1H3,(H,27,31)(H2,26,28,29);1H. The molecule has 7 nitrogen and oxygen atoms in total. The number of rotatable bonds is 7. The van der Waals surface area contributed by atoms with Gasteiger partial charge in [0, 0.05) is 37.2 Å². The zero-order valence-electron chi connectivity index (χ0n) is 19.0. The first-order chi connectivity index (χ1) is 15.6. The number of benzene rings is 2. The number of carbonyl (C=O) groups excluding carboxylic acids is 2. The Morgan fingerprint density at radius 2 is 1.82 bits per heavy atom. The molecule has 0 unspecified atom stereocenters. The highest BCUT2D eigenvalue weighted by Gasteiger charge is 2.44. The highest BCUT2D eigenvalue weighted by Crippen LogP contribution is 2.47. The minimum Gasteiger partial charge on any atom is -0.357 e. The number of guanidine groups is 1. The van der Waals surface area contributed by atoms with E-state index in [1.165, 1.54) is 18.4 Å². The van der Waals surface area contributed by atoms with Gasteiger partial charge in [-0.3, -0.25) is 9.59 Å². The maximum atomic E-state index is 12.6. The van der Waals surface area contributed by atoms with Crippen LogP contribution in [0.3, 0.4) is 0 Å². The lowest BCUT2D eigenvalue weighted by atomic mass is 9.96. The molecule has 4 rings (SSSR count). The third-order valence-corrected chi connectivity index (χ3v) is 6.12. The van der Waals surface area contributed by atoms with Crippen LogP contribution in [0.25, 0.3) is 0 Å². The molecule has 0 radical (unpaired) electrons. The van der Waals surface area contributed by atoms with E-state index in [2.05, 4.69) is 53.2 Å². The molecule has 0 aromatic heterocycles. The summed E-state index contributed by atoms with van der Waals surface area (Å²) < 4.78 is 0. The highest BCUT2D eigenvalue weighted by molar-refractivity contribution is 14.0. The Hall–Kier alpha value is -2.62. The van der Waals surface area contributed by atoms with Crippen LogP contribution in [-0.4, -0.2) is 55.4 Å². The fourth-order valence-electron chi connectivity index (χ4n) is 4.02. The average Bonchev–Trinajstić information content (AvgIpc) is 3.62. The van der Waals surface area contributed by atoms with Crippen LogP contribution in [0.15, 0.2) is 59.6 Å². The number of hydrogen-bond acceptors (Lipinski definition) is 3. The van der Waals surface area contributed by atoms with Gasteiger partial charge in [-0.05, 0) is 43.0 Å². The predicted molar refractivity (Wildman–Crippen MR) is 141 cm³/mol. The van der Waals surface area contributed by atoms with Gasteiger partial charge in [-0.25, -0.2) is 4.99 Å². The lowest BCUT2D eigenvalue weighted by molar-refractivity contribution is -0.123. The number of halogens is 1. The van der Waals surface area contributed by atoms with Crippen LogP contribution in [0.5, 0.6) is 0 Å². The lowest BCUT2D eigenvalue weighted by Gasteiger charge is -2.26. The average molecular weight is 561 g/mol. The van der Waals surface area contributed by atoms with E-state index < -0.39 is 0 Å². The third-order valence-electron chi connectivity index (χ3n) is 6.12. The van der Waals surface area contributed by atoms with E-state index in [0.29, 0.717) is 25.2 Å². The van der Waals surface area contributed by atoms with Gasteiger partial charge in [-0.2, -0.15) is 0 Å². The van der Waals surface area contributed by atoms with E-state index >= 15 is 0 Å². The summed E-state index contributed by atoms with van der Waals surface area (Å²) in [4.78, 5) is 30.5. The van der Waals surface area contributed by atoms with Crippen LogP contribution in [0.2, 0.25) is 0 Å². The molecule has 1 aliphatic heterocycles. The van der Waals surface area contributed by atoms with Crippen molar-refractivity contribution >= 4 is 41.8 Å². The maximum absolute atomic E-state index is 12.6. The van der Waals surface area contributed by atoms with Crippen molar-refractivity contribution in [1.29, 1.82) is 0 Å². The van der Waals surface area contributed by atoms with Gasteiger partial charge in [0.1, 0.15) is 0 Å². The topological polar surface area (TPSA) is 85.8 Å². The minimum atomic E-state index is -0.112. The van der Waals surface area contributed by atoms with Crippen molar-refractivity contribution in [2.24, 2.45) is 4.99 Å². The molecule has 1 saturated heterocycles. The predicted octanol–water partition coefficient (Wildman–Crippen LogP) is 2.66. The van der Waals surface area contributed by atoms with Crippen molar-refractivity contribution in [3.63, 3.8) is 0 Å². The monoisotopic (exact) mass is 561 g/mol. The largest absolute Gasteiger partial charge is 0.357 e. The molecule has 1 saturated carbocycles. The van der Waals surface area contributed by atoms with Gasteiger partial charge in [0.2, 0.25) is 5.91 Å². The number of nitrogens with zero attached hydrogens (tertiary/aromatic N) is 2. The molecule has 0 bridgehead atoms. The van der Waals surface area contributed by atoms with Crippen molar-refractivity contribution in [3.8, 4) is 0 Å². The Balaban J connectivity index is 0.00000306. The fraction of sp³-hybridized carbons (Fsp3) is 0.400. The summed E-state index contributed by atoms with van der Waals surface area (Å²) in [6.45, 7) is 5.40. The second kappa shape index (κ2) is 11.5. The first kappa shape index (κ1) is 25.0. The quantitative estimate of drug-likeness (QED) is 0.276. The SMILES string of the molecule is CCNC(=NCc1ccc(C(=O)N2CCNC(=O)C2)cc1)NCC1(c2ccccc2)CC1.I. The molecule has 2 aromatic carbocycles. The zero-order chi connectivity index (χ0) is 22.4. The molecule has 2 amide bonds. The van der Waals surface area contributed by atoms with Gasteiger partial charge in [0.15, 0.2) is 5.96 Å². The third kappa shape index (κ3) is 6.46. The summed E-state index contributed by atoms with van der Waals surface area (Å²) in [5.41, 5.74) is 3.22. The Kier molecular flexibility index (Phi) is 8.71.